The fourth-order valence-corrected chi connectivity index (χ4v) is 5.66. The number of ketones is 1. The largest absolute Gasteiger partial charge is 0.454 e. The maximum atomic E-state index is 13.5. The summed E-state index contributed by atoms with van der Waals surface area (Å²) in [4.78, 5) is 39.6. The predicted octanol–water partition coefficient (Wildman–Crippen LogP) is 4.50. The number of esters is 1. The predicted molar refractivity (Wildman–Crippen MR) is 141 cm³/mol. The van der Waals surface area contributed by atoms with Crippen molar-refractivity contribution in [3.8, 4) is 0 Å². The van der Waals surface area contributed by atoms with Crippen LogP contribution in [0.25, 0.3) is 0 Å². The summed E-state index contributed by atoms with van der Waals surface area (Å²) in [5.74, 6) is -0.381. The second-order valence-electron chi connectivity index (χ2n) is 10.4. The van der Waals surface area contributed by atoms with Gasteiger partial charge in [-0.05, 0) is 24.6 Å². The summed E-state index contributed by atoms with van der Waals surface area (Å²) in [5.41, 5.74) is 2.95. The highest BCUT2D eigenvalue weighted by Crippen LogP contribution is 2.36. The molecule has 0 aromatic heterocycles. The Kier molecular flexibility index (Phi) is 7.19. The minimum absolute atomic E-state index is 0.124. The molecular formula is C31H33N2O4+. The number of piperidine rings is 3. The summed E-state index contributed by atoms with van der Waals surface area (Å²) in [7, 11) is 0. The van der Waals surface area contributed by atoms with Gasteiger partial charge in [0.15, 0.2) is 12.1 Å². The van der Waals surface area contributed by atoms with E-state index in [1.54, 1.807) is 12.1 Å². The molecule has 6 heteroatoms. The van der Waals surface area contributed by atoms with Crippen molar-refractivity contribution in [3.63, 3.8) is 0 Å². The van der Waals surface area contributed by atoms with Crippen LogP contribution in [0, 0.1) is 12.8 Å². The van der Waals surface area contributed by atoms with Crippen LogP contribution in [0.3, 0.4) is 0 Å². The van der Waals surface area contributed by atoms with Crippen LogP contribution in [0.5, 0.6) is 0 Å². The fraction of sp³-hybridized carbons (Fsp3) is 0.323. The maximum absolute atomic E-state index is 13.5. The standard InChI is InChI=1S/C31H32N2O4/c1-22-12-14-26(15-13-22)30(35)32-29(25-10-6-3-7-11-25)31(36)37-28-21-33(18-16-24(28)17-19-33)20-27(34)23-8-4-2-5-9-23/h2-15,24,28-29H,16-21H2,1H3/p+1/t24?,28-,29?,33?/m0/s1. The van der Waals surface area contributed by atoms with Gasteiger partial charge < -0.3 is 14.5 Å². The summed E-state index contributed by atoms with van der Waals surface area (Å²) < 4.78 is 6.78. The monoisotopic (exact) mass is 497 g/mol. The molecule has 3 saturated heterocycles. The molecule has 3 aromatic carbocycles. The van der Waals surface area contributed by atoms with Crippen molar-refractivity contribution < 1.29 is 23.6 Å². The lowest BCUT2D eigenvalue weighted by atomic mass is 9.82. The first-order chi connectivity index (χ1) is 17.9. The van der Waals surface area contributed by atoms with Crippen LogP contribution in [0.2, 0.25) is 0 Å². The van der Waals surface area contributed by atoms with Gasteiger partial charge in [-0.25, -0.2) is 4.79 Å². The lowest BCUT2D eigenvalue weighted by Gasteiger charge is -2.51. The van der Waals surface area contributed by atoms with E-state index < -0.39 is 12.0 Å². The maximum Gasteiger partial charge on any atom is 0.333 e. The highest BCUT2D eigenvalue weighted by Gasteiger charge is 2.49. The van der Waals surface area contributed by atoms with Gasteiger partial charge in [0, 0.05) is 29.9 Å². The number of hydrogen-bond acceptors (Lipinski definition) is 4. The van der Waals surface area contributed by atoms with Crippen LogP contribution in [-0.2, 0) is 9.53 Å². The molecule has 3 aromatic rings. The first-order valence-corrected chi connectivity index (χ1v) is 13.0. The molecule has 0 saturated carbocycles. The molecule has 1 amide bonds. The van der Waals surface area contributed by atoms with E-state index >= 15 is 0 Å². The summed E-state index contributed by atoms with van der Waals surface area (Å²) in [5, 5.41) is 2.89. The van der Waals surface area contributed by atoms with Crippen LogP contribution in [0.4, 0.5) is 0 Å². The molecular weight excluding hydrogens is 464 g/mol. The van der Waals surface area contributed by atoms with Crippen LogP contribution in [0.15, 0.2) is 84.9 Å². The molecule has 0 radical (unpaired) electrons. The Labute approximate surface area is 217 Å². The molecule has 0 aliphatic carbocycles. The van der Waals surface area contributed by atoms with Crippen molar-refractivity contribution in [2.45, 2.75) is 31.9 Å². The minimum atomic E-state index is -0.912. The SMILES string of the molecule is Cc1ccc(C(=O)NC(C(=O)O[C@H]2C[N+]3(CC(=O)c4ccccc4)CCC2CC3)c2ccccc2)cc1. The number of rotatable bonds is 8. The molecule has 1 unspecified atom stereocenters. The first-order valence-electron chi connectivity index (χ1n) is 13.0. The van der Waals surface area contributed by atoms with Gasteiger partial charge in [0.05, 0.1) is 13.1 Å². The molecule has 2 bridgehead atoms. The van der Waals surface area contributed by atoms with Crippen molar-refractivity contribution in [1.82, 2.24) is 5.32 Å². The number of amides is 1. The number of carbonyl (C=O) groups is 3. The zero-order chi connectivity index (χ0) is 25.8. The Bertz CT molecular complexity index is 1250. The molecule has 3 aliphatic rings. The summed E-state index contributed by atoms with van der Waals surface area (Å²) in [6, 6.07) is 24.9. The third kappa shape index (κ3) is 5.65. The molecule has 190 valence electrons. The van der Waals surface area contributed by atoms with E-state index in [1.165, 1.54) is 0 Å². The average molecular weight is 498 g/mol. The first kappa shape index (κ1) is 24.9. The number of aryl methyl sites for hydroxylation is 1. The second-order valence-corrected chi connectivity index (χ2v) is 10.4. The number of fused-ring (bicyclic) bond motifs is 3. The molecule has 2 atom stereocenters. The Morgan fingerprint density at radius 1 is 0.865 bits per heavy atom. The number of nitrogens with one attached hydrogen (secondary N) is 1. The molecule has 6 nitrogen and oxygen atoms in total. The number of benzene rings is 3. The van der Waals surface area contributed by atoms with Crippen molar-refractivity contribution in [1.29, 1.82) is 0 Å². The normalized spacial score (nSPS) is 23.2. The molecule has 3 aliphatic heterocycles. The van der Waals surface area contributed by atoms with E-state index in [0.29, 0.717) is 28.7 Å². The Hall–Kier alpha value is -3.77. The molecule has 6 rings (SSSR count). The minimum Gasteiger partial charge on any atom is -0.454 e. The van der Waals surface area contributed by atoms with Crippen LogP contribution in [-0.4, -0.2) is 54.4 Å². The summed E-state index contributed by atoms with van der Waals surface area (Å²) in [6.45, 7) is 4.84. The Balaban J connectivity index is 1.31. The topological polar surface area (TPSA) is 72.5 Å². The van der Waals surface area contributed by atoms with Crippen LogP contribution < -0.4 is 5.32 Å². The lowest BCUT2D eigenvalue weighted by molar-refractivity contribution is -0.938. The second kappa shape index (κ2) is 10.7. The summed E-state index contributed by atoms with van der Waals surface area (Å²) >= 11 is 0. The van der Waals surface area contributed by atoms with E-state index in [1.807, 2.05) is 79.7 Å². The van der Waals surface area contributed by atoms with Crippen molar-refractivity contribution in [3.05, 3.63) is 107 Å². The number of hydrogen-bond donors (Lipinski definition) is 1. The quantitative estimate of drug-likeness (QED) is 0.283. The van der Waals surface area contributed by atoms with Gasteiger partial charge in [0.1, 0.15) is 13.1 Å². The third-order valence-electron chi connectivity index (χ3n) is 7.84. The number of quaternary nitrogens is 1. The van der Waals surface area contributed by atoms with E-state index in [9.17, 15) is 14.4 Å². The van der Waals surface area contributed by atoms with Gasteiger partial charge in [-0.3, -0.25) is 9.59 Å². The zero-order valence-corrected chi connectivity index (χ0v) is 21.1. The van der Waals surface area contributed by atoms with Gasteiger partial charge in [-0.15, -0.1) is 0 Å². The van der Waals surface area contributed by atoms with E-state index in [-0.39, 0.29) is 23.7 Å². The highest BCUT2D eigenvalue weighted by molar-refractivity contribution is 5.97. The van der Waals surface area contributed by atoms with Crippen molar-refractivity contribution >= 4 is 17.7 Å². The van der Waals surface area contributed by atoms with Gasteiger partial charge in [-0.2, -0.15) is 0 Å². The van der Waals surface area contributed by atoms with Crippen LogP contribution in [0.1, 0.15) is 50.7 Å². The molecule has 0 spiro atoms. The van der Waals surface area contributed by atoms with Crippen molar-refractivity contribution in [2.24, 2.45) is 5.92 Å². The highest BCUT2D eigenvalue weighted by atomic mass is 16.5. The average Bonchev–Trinajstić information content (AvgIpc) is 2.93. The van der Waals surface area contributed by atoms with E-state index in [0.717, 1.165) is 37.1 Å². The van der Waals surface area contributed by atoms with Crippen LogP contribution >= 0.6 is 0 Å². The number of ether oxygens (including phenoxy) is 1. The number of carbonyl (C=O) groups excluding carboxylic acids is 3. The van der Waals surface area contributed by atoms with E-state index in [2.05, 4.69) is 5.32 Å². The number of Topliss-reactive ketones (excluding diaryl/α,β-unsaturated/α-hetero) is 1. The van der Waals surface area contributed by atoms with Gasteiger partial charge in [0.2, 0.25) is 5.78 Å². The van der Waals surface area contributed by atoms with Gasteiger partial charge >= 0.3 is 5.97 Å². The van der Waals surface area contributed by atoms with E-state index in [4.69, 9.17) is 4.74 Å². The smallest absolute Gasteiger partial charge is 0.333 e. The Morgan fingerprint density at radius 2 is 1.49 bits per heavy atom. The Morgan fingerprint density at radius 3 is 2.14 bits per heavy atom. The molecule has 1 N–H and O–H groups in total. The summed E-state index contributed by atoms with van der Waals surface area (Å²) in [6.07, 6.45) is 1.57. The third-order valence-corrected chi connectivity index (χ3v) is 7.84. The number of nitrogens with zero attached hydrogens (tertiary/aromatic N) is 1. The van der Waals surface area contributed by atoms with Gasteiger partial charge in [-0.1, -0.05) is 78.4 Å². The zero-order valence-electron chi connectivity index (χ0n) is 21.1. The fourth-order valence-electron chi connectivity index (χ4n) is 5.66. The molecule has 3 heterocycles. The lowest BCUT2D eigenvalue weighted by Crippen LogP contribution is -2.66. The van der Waals surface area contributed by atoms with Crippen molar-refractivity contribution in [2.75, 3.05) is 26.2 Å². The molecule has 37 heavy (non-hydrogen) atoms. The molecule has 3 fully saturated rings. The van der Waals surface area contributed by atoms with Gasteiger partial charge in [0.25, 0.3) is 5.91 Å².